The quantitative estimate of drug-likeness (QED) is 0.591. The molecule has 4 heteroatoms. The van der Waals surface area contributed by atoms with Crippen LogP contribution in [0.4, 0.5) is 10.5 Å². The van der Waals surface area contributed by atoms with Crippen molar-refractivity contribution < 1.29 is 9.53 Å². The van der Waals surface area contributed by atoms with Gasteiger partial charge < -0.3 is 4.74 Å². The molecule has 1 aliphatic heterocycles. The van der Waals surface area contributed by atoms with E-state index in [1.54, 1.807) is 4.90 Å². The Hall–Kier alpha value is -1.48. The molecule has 0 unspecified atom stereocenters. The van der Waals surface area contributed by atoms with Crippen LogP contribution in [-0.4, -0.2) is 17.5 Å². The van der Waals surface area contributed by atoms with E-state index in [0.717, 1.165) is 22.6 Å². The number of amides is 1. The number of hydrogen-bond acceptors (Lipinski definition) is 2. The van der Waals surface area contributed by atoms with Gasteiger partial charge >= 0.3 is 5.37 Å². The number of rotatable bonds is 2. The molecule has 1 aromatic carbocycles. The minimum absolute atomic E-state index is 0.428. The molecule has 0 aliphatic carbocycles. The van der Waals surface area contributed by atoms with Crippen LogP contribution in [-0.2, 0) is 0 Å². The average molecular weight is 280 g/mol. The summed E-state index contributed by atoms with van der Waals surface area (Å²) in [4.78, 5) is 13.3. The zero-order valence-electron chi connectivity index (χ0n) is 11.7. The van der Waals surface area contributed by atoms with Gasteiger partial charge in [0.25, 0.3) is 0 Å². The zero-order valence-corrected chi connectivity index (χ0v) is 12.4. The minimum atomic E-state index is -0.473. The molecule has 3 nitrogen and oxygen atoms in total. The van der Waals surface area contributed by atoms with Crippen LogP contribution in [0.3, 0.4) is 0 Å². The van der Waals surface area contributed by atoms with E-state index in [1.165, 1.54) is 0 Å². The fourth-order valence-corrected chi connectivity index (χ4v) is 2.90. The lowest BCUT2D eigenvalue weighted by Crippen LogP contribution is -2.46. The molecule has 1 aromatic rings. The third-order valence-electron chi connectivity index (χ3n) is 3.27. The second-order valence-electron chi connectivity index (χ2n) is 5.18. The minimum Gasteiger partial charge on any atom is -0.494 e. The number of allylic oxidation sites excluding steroid dienone is 1. The number of hydrogen-bond donors (Lipinski definition) is 0. The molecule has 0 spiro atoms. The Bertz CT molecular complexity index is 549. The molecule has 0 radical (unpaired) electrons. The van der Waals surface area contributed by atoms with Gasteiger partial charge in [-0.2, -0.15) is 0 Å². The number of halogens is 1. The number of fused-ring (bicyclic) bond motifs is 1. The van der Waals surface area contributed by atoms with E-state index in [4.69, 9.17) is 16.3 Å². The molecule has 0 bridgehead atoms. The molecular weight excluding hydrogens is 262 g/mol. The van der Waals surface area contributed by atoms with E-state index < -0.39 is 10.9 Å². The molecule has 0 saturated heterocycles. The number of carbonyl (C=O) groups is 1. The molecule has 0 fully saturated rings. The van der Waals surface area contributed by atoms with Crippen molar-refractivity contribution in [3.05, 3.63) is 29.8 Å². The highest BCUT2D eigenvalue weighted by molar-refractivity contribution is 6.66. The van der Waals surface area contributed by atoms with E-state index in [-0.39, 0.29) is 0 Å². The Kier molecular flexibility index (Phi) is 3.59. The molecule has 2 rings (SSSR count). The van der Waals surface area contributed by atoms with Crippen molar-refractivity contribution in [3.63, 3.8) is 0 Å². The number of ether oxygens (including phenoxy) is 1. The van der Waals surface area contributed by atoms with E-state index in [1.807, 2.05) is 52.0 Å². The predicted octanol–water partition coefficient (Wildman–Crippen LogP) is 4.45. The monoisotopic (exact) mass is 279 g/mol. The summed E-state index contributed by atoms with van der Waals surface area (Å²) < 4.78 is 5.50. The lowest BCUT2D eigenvalue weighted by Gasteiger charge is -2.40. The molecule has 0 aromatic heterocycles. The summed E-state index contributed by atoms with van der Waals surface area (Å²) in [5.74, 6) is 0.802. The Morgan fingerprint density at radius 2 is 2.11 bits per heavy atom. The van der Waals surface area contributed by atoms with Gasteiger partial charge in [-0.15, -0.1) is 0 Å². The first-order valence-electron chi connectivity index (χ1n) is 6.33. The predicted molar refractivity (Wildman–Crippen MR) is 79.1 cm³/mol. The van der Waals surface area contributed by atoms with E-state index in [2.05, 4.69) is 0 Å². The van der Waals surface area contributed by atoms with Crippen molar-refractivity contribution in [2.24, 2.45) is 0 Å². The normalized spacial score (nSPS) is 16.7. The molecule has 0 saturated carbocycles. The van der Waals surface area contributed by atoms with Crippen LogP contribution in [0.1, 0.15) is 33.3 Å². The van der Waals surface area contributed by atoms with Gasteiger partial charge in [-0.1, -0.05) is 6.08 Å². The zero-order chi connectivity index (χ0) is 14.2. The molecule has 1 heterocycles. The van der Waals surface area contributed by atoms with Crippen molar-refractivity contribution in [1.29, 1.82) is 0 Å². The van der Waals surface area contributed by atoms with Gasteiger partial charge in [0.2, 0.25) is 0 Å². The summed E-state index contributed by atoms with van der Waals surface area (Å²) in [7, 11) is 0. The van der Waals surface area contributed by atoms with Crippen LogP contribution in [0.5, 0.6) is 5.75 Å². The van der Waals surface area contributed by atoms with Crippen LogP contribution >= 0.6 is 11.6 Å². The summed E-state index contributed by atoms with van der Waals surface area (Å²) in [6.07, 6.45) is 2.05. The first-order chi connectivity index (χ1) is 8.86. The number of carbonyl (C=O) groups excluding carboxylic acids is 1. The summed E-state index contributed by atoms with van der Waals surface area (Å²) in [6.45, 7) is 8.53. The molecule has 102 valence electrons. The van der Waals surface area contributed by atoms with Gasteiger partial charge in [0.15, 0.2) is 0 Å². The molecule has 0 N–H and O–H groups in total. The lowest BCUT2D eigenvalue weighted by molar-refractivity contribution is 0.260. The maximum atomic E-state index is 11.7. The topological polar surface area (TPSA) is 29.5 Å². The van der Waals surface area contributed by atoms with Gasteiger partial charge in [-0.05, 0) is 63.1 Å². The van der Waals surface area contributed by atoms with Crippen molar-refractivity contribution >= 4 is 28.2 Å². The Morgan fingerprint density at radius 1 is 1.42 bits per heavy atom. The summed E-state index contributed by atoms with van der Waals surface area (Å²) >= 11 is 5.74. The molecule has 1 amide bonds. The van der Waals surface area contributed by atoms with Gasteiger partial charge in [0, 0.05) is 5.56 Å². The van der Waals surface area contributed by atoms with Crippen molar-refractivity contribution in [2.45, 2.75) is 33.2 Å². The van der Waals surface area contributed by atoms with Gasteiger partial charge in [0.05, 0.1) is 17.8 Å². The third kappa shape index (κ3) is 2.47. The number of anilines is 1. The second kappa shape index (κ2) is 4.89. The van der Waals surface area contributed by atoms with E-state index in [9.17, 15) is 4.79 Å². The number of nitrogens with zero attached hydrogens (tertiary/aromatic N) is 1. The molecule has 1 aliphatic rings. The summed E-state index contributed by atoms with van der Waals surface area (Å²) in [5.41, 5.74) is 2.51. The Labute approximate surface area is 118 Å². The highest BCUT2D eigenvalue weighted by Crippen LogP contribution is 2.41. The Morgan fingerprint density at radius 3 is 2.68 bits per heavy atom. The third-order valence-corrected chi connectivity index (χ3v) is 3.44. The molecule has 19 heavy (non-hydrogen) atoms. The first kappa shape index (κ1) is 13.9. The van der Waals surface area contributed by atoms with Crippen molar-refractivity contribution in [1.82, 2.24) is 0 Å². The highest BCUT2D eigenvalue weighted by Gasteiger charge is 2.35. The van der Waals surface area contributed by atoms with Crippen molar-refractivity contribution in [3.8, 4) is 5.75 Å². The molecule has 0 atom stereocenters. The van der Waals surface area contributed by atoms with E-state index in [0.29, 0.717) is 6.61 Å². The Balaban J connectivity index is 2.58. The number of benzene rings is 1. The van der Waals surface area contributed by atoms with E-state index >= 15 is 0 Å². The van der Waals surface area contributed by atoms with Crippen LogP contribution in [0.15, 0.2) is 24.3 Å². The molecular formula is C15H18ClNO2. The van der Waals surface area contributed by atoms with Gasteiger partial charge in [-0.25, -0.2) is 0 Å². The van der Waals surface area contributed by atoms with Gasteiger partial charge in [-0.3, -0.25) is 9.69 Å². The highest BCUT2D eigenvalue weighted by atomic mass is 35.5. The largest absolute Gasteiger partial charge is 0.494 e. The fourth-order valence-electron chi connectivity index (χ4n) is 2.59. The van der Waals surface area contributed by atoms with Crippen LogP contribution in [0.25, 0.3) is 5.57 Å². The lowest BCUT2D eigenvalue weighted by atomic mass is 9.89. The smallest absolute Gasteiger partial charge is 0.321 e. The summed E-state index contributed by atoms with van der Waals surface area (Å²) in [6, 6.07) is 5.70. The first-order valence-corrected chi connectivity index (χ1v) is 6.71. The van der Waals surface area contributed by atoms with Crippen LogP contribution < -0.4 is 9.64 Å². The van der Waals surface area contributed by atoms with Crippen LogP contribution in [0.2, 0.25) is 0 Å². The van der Waals surface area contributed by atoms with Gasteiger partial charge in [0.1, 0.15) is 5.75 Å². The maximum absolute atomic E-state index is 11.7. The second-order valence-corrected chi connectivity index (χ2v) is 5.50. The fraction of sp³-hybridized carbons (Fsp3) is 0.400. The standard InChI is InChI=1S/C15H18ClNO2/c1-5-19-11-6-7-13-12(8-11)10(2)9-15(3,4)17(13)14(16)18/h6-9H,5H2,1-4H3. The summed E-state index contributed by atoms with van der Waals surface area (Å²) in [5, 5.41) is -0.473. The maximum Gasteiger partial charge on any atom is 0.321 e. The SMILES string of the molecule is CCOc1ccc2c(c1)C(C)=CC(C)(C)N2C(=O)Cl. The van der Waals surface area contributed by atoms with Crippen LogP contribution in [0, 0.1) is 0 Å². The van der Waals surface area contributed by atoms with Crippen molar-refractivity contribution in [2.75, 3.05) is 11.5 Å². The average Bonchev–Trinajstić information content (AvgIpc) is 2.28.